The molecule has 0 aromatic rings. The second-order valence-electron chi connectivity index (χ2n) is 0.816. The first-order chi connectivity index (χ1) is 4.00. The van der Waals surface area contributed by atoms with Crippen LogP contribution in [0.3, 0.4) is 0 Å². The van der Waals surface area contributed by atoms with E-state index in [-0.39, 0.29) is 394 Å². The summed E-state index contributed by atoms with van der Waals surface area (Å²) in [5, 5.41) is 0. The number of hydrogen-bond acceptors (Lipinski definition) is 12. The Kier molecular flexibility index (Phi) is 9540. The van der Waals surface area contributed by atoms with Crippen molar-refractivity contribution >= 4 is 177 Å². The van der Waals surface area contributed by atoms with Crippen molar-refractivity contribution in [2.75, 3.05) is 0 Å². The minimum absolute atomic E-state index is 0. The van der Waals surface area contributed by atoms with Gasteiger partial charge < -0.3 is 40.1 Å². The monoisotopic (exact) mass is 907 g/mol. The van der Waals surface area contributed by atoms with Crippen LogP contribution in [0.1, 0.15) is 215 Å². The summed E-state index contributed by atoms with van der Waals surface area (Å²) in [4.78, 5) is 0. The molecule has 0 aromatic carbocycles. The molecule has 0 saturated carbocycles. The molecule has 0 heterocycles. The van der Waals surface area contributed by atoms with Gasteiger partial charge in [-0.05, 0) is 0 Å². The first-order valence-electron chi connectivity index (χ1n) is 1.33. The molecule has 4 N–H and O–H groups in total. The van der Waals surface area contributed by atoms with Gasteiger partial charge in [0.25, 0.3) is 0 Å². The third kappa shape index (κ3) is 6140. The number of hydrogen-bond donors (Lipinski definition) is 0. The second-order valence-corrected chi connectivity index (χ2v) is 2.45. The van der Waals surface area contributed by atoms with E-state index >= 15 is 0 Å². The fourth-order valence-electron chi connectivity index (χ4n) is 0. The van der Waals surface area contributed by atoms with E-state index in [9.17, 15) is 0 Å². The Morgan fingerprint density at radius 1 is 0.224 bits per heavy atom. The maximum absolute atomic E-state index is 8.52. The average molecular weight is 908 g/mol. The van der Waals surface area contributed by atoms with Crippen LogP contribution in [-0.4, -0.2) is 213 Å². The Balaban J connectivity index is -0.000000000373. The van der Waals surface area contributed by atoms with Crippen molar-refractivity contribution < 1.29 is 57.0 Å². The Morgan fingerprint density at radius 3 is 0.224 bits per heavy atom. The van der Waals surface area contributed by atoms with E-state index in [1.165, 1.54) is 0 Å². The summed E-state index contributed by atoms with van der Waals surface area (Å²) in [6.07, 6.45) is 0. The fourth-order valence-corrected chi connectivity index (χ4v) is 0. The van der Waals surface area contributed by atoms with Crippen molar-refractivity contribution in [1.29, 1.82) is 0 Å². The molecule has 0 bridgehead atoms. The van der Waals surface area contributed by atoms with Crippen LogP contribution in [0.15, 0.2) is 0 Å². The number of rotatable bonds is 0. The van der Waals surface area contributed by atoms with Gasteiger partial charge in [-0.2, -0.15) is 0 Å². The van der Waals surface area contributed by atoms with Crippen molar-refractivity contribution in [2.45, 2.75) is 215 Å². The summed E-state index contributed by atoms with van der Waals surface area (Å²) in [5.74, 6) is 0. The Morgan fingerprint density at radius 2 is 0.224 bits per heavy atom. The third-order valence-electron chi connectivity index (χ3n) is 0. The van der Waals surface area contributed by atoms with Gasteiger partial charge in [-0.3, -0.25) is 16.8 Å². The molecule has 328 valence electrons. The summed E-state index contributed by atoms with van der Waals surface area (Å²) in [5.41, 5.74) is 0. The van der Waals surface area contributed by atoms with Crippen molar-refractivity contribution in [3.8, 4) is 0 Å². The van der Waals surface area contributed by atoms with E-state index < -0.39 is 20.8 Å². The van der Waals surface area contributed by atoms with E-state index in [0.717, 1.165) is 0 Å². The van der Waals surface area contributed by atoms with E-state index in [1.807, 2.05) is 0 Å². The van der Waals surface area contributed by atoms with Gasteiger partial charge in [-0.25, -0.2) is 0 Å². The zero-order valence-electron chi connectivity index (χ0n) is 9.85. The molecule has 0 saturated heterocycles. The maximum Gasteiger partial charge on any atom is 3.00 e. The van der Waals surface area contributed by atoms with E-state index in [4.69, 9.17) is 35.0 Å². The molecule has 0 fully saturated rings. The minimum Gasteiger partial charge on any atom is -0.870 e. The van der Waals surface area contributed by atoms with E-state index in [2.05, 4.69) is 0 Å². The molecule has 0 aliphatic heterocycles. The zero-order chi connectivity index (χ0) is 9.00. The van der Waals surface area contributed by atoms with Crippen LogP contribution < -0.4 is 0 Å². The van der Waals surface area contributed by atoms with Gasteiger partial charge in [0, 0.05) is 20.8 Å². The molecular formula is C29H120Al2Ca2Mg2O12S2+6. The molecule has 0 aromatic heterocycles. The summed E-state index contributed by atoms with van der Waals surface area (Å²) in [7, 11) is -10.3. The van der Waals surface area contributed by atoms with Gasteiger partial charge in [0.1, 0.15) is 0 Å². The topological polar surface area (TPSA) is 281 Å². The first kappa shape index (κ1) is 925. The van der Waals surface area contributed by atoms with Gasteiger partial charge in [0.2, 0.25) is 0 Å². The van der Waals surface area contributed by atoms with Crippen molar-refractivity contribution in [2.24, 2.45) is 0 Å². The largest absolute Gasteiger partial charge is 3.00 e. The molecule has 0 atom stereocenters. The van der Waals surface area contributed by atoms with Crippen LogP contribution in [-0.2, 0) is 20.8 Å². The van der Waals surface area contributed by atoms with Gasteiger partial charge >= 0.3 is 156 Å². The van der Waals surface area contributed by atoms with E-state index in [0.29, 0.717) is 0 Å². The second kappa shape index (κ2) is 505. The predicted molar refractivity (Wildman–Crippen MR) is 258 cm³/mol. The van der Waals surface area contributed by atoms with Crippen LogP contribution in [0.5, 0.6) is 0 Å². The van der Waals surface area contributed by atoms with Crippen molar-refractivity contribution in [3.05, 3.63) is 0 Å². The molecule has 0 amide bonds. The quantitative estimate of drug-likeness (QED) is 0.125. The minimum atomic E-state index is -5.17. The molecule has 0 rings (SSSR count). The Hall–Kier alpha value is 4.70. The maximum atomic E-state index is 8.52. The summed E-state index contributed by atoms with van der Waals surface area (Å²) < 4.78 is 68.2. The molecule has 12 nitrogen and oxygen atoms in total. The summed E-state index contributed by atoms with van der Waals surface area (Å²) in [6, 6.07) is 0. The summed E-state index contributed by atoms with van der Waals surface area (Å²) in [6.45, 7) is 0. The molecule has 0 unspecified atom stereocenters. The van der Waals surface area contributed by atoms with Gasteiger partial charge in [0.05, 0.1) is 0 Å². The van der Waals surface area contributed by atoms with E-state index in [1.54, 1.807) is 0 Å². The van der Waals surface area contributed by atoms with Crippen LogP contribution in [0.4, 0.5) is 0 Å². The molecule has 0 aliphatic carbocycles. The molecule has 49 heavy (non-hydrogen) atoms. The zero-order valence-corrected chi connectivity index (χ0v) is 21.0. The van der Waals surface area contributed by atoms with Crippen molar-refractivity contribution in [1.82, 2.24) is 0 Å². The molecular weight excluding hydrogens is 787 g/mol. The molecule has 20 heteroatoms. The van der Waals surface area contributed by atoms with Crippen molar-refractivity contribution in [3.63, 3.8) is 0 Å². The standard InChI is InChI=1S/29CH4.2Al.2Ca.2Mg.2H2O4S.4H2O/c;;;;;;;;;;;;;;;;;;;;;;;;;;;;;;;;;;;2*1-5(2,3)4;;;;/h29*1H4;;;;;;;2*(H2,1,2,3,4);4*1H2/q;;;;;;;;;;;;;;;;;;;;;;;;;;;;;2*+3;4*+2;;;;;;/p-8. The van der Waals surface area contributed by atoms with Crippen LogP contribution in [0, 0.1) is 0 Å². The van der Waals surface area contributed by atoms with Crippen LogP contribution >= 0.6 is 0 Å². The van der Waals surface area contributed by atoms with Gasteiger partial charge in [-0.1, -0.05) is 215 Å². The first-order valence-corrected chi connectivity index (χ1v) is 4.00. The molecule has 0 radical (unpaired) electrons. The third-order valence-corrected chi connectivity index (χ3v) is 0. The van der Waals surface area contributed by atoms with Gasteiger partial charge in [-0.15, -0.1) is 0 Å². The Labute approximate surface area is 443 Å². The van der Waals surface area contributed by atoms with Crippen LogP contribution in [0.2, 0.25) is 0 Å². The average Bonchev–Trinajstić information content (AvgIpc) is 1.12. The SMILES string of the molecule is C.C.C.C.C.C.C.C.C.C.C.C.C.C.C.C.C.C.C.C.C.C.C.C.C.C.C.C.C.O=S(=O)([O-])[O-].O=S(=O)([O-])[O-].[Al+3].[Al+3].[Ca+2].[Ca+2].[Mg+2].[Mg+2].[OH-].[OH-].[OH-].[OH-]. The Bertz CT molecular complexity index is 280. The fraction of sp³-hybridized carbons (Fsp3) is 1.00. The predicted octanol–water partition coefficient (Wildman–Crippen LogP) is 12.8. The smallest absolute Gasteiger partial charge is 0.870 e. The van der Waals surface area contributed by atoms with Crippen LogP contribution in [0.25, 0.3) is 0 Å². The summed E-state index contributed by atoms with van der Waals surface area (Å²) >= 11 is 0. The van der Waals surface area contributed by atoms with Gasteiger partial charge in [0.15, 0.2) is 0 Å². The molecule has 0 spiro atoms. The normalized spacial score (nSPS) is 2.37. The molecule has 0 aliphatic rings.